The number of nitrogens with zero attached hydrogens (tertiary/aromatic N) is 1. The van der Waals surface area contributed by atoms with Crippen molar-refractivity contribution in [1.29, 1.82) is 0 Å². The van der Waals surface area contributed by atoms with E-state index in [0.717, 1.165) is 36.5 Å². The standard InChI is InChI=1S/C20H24ClN3O2/c1-26-18-7-4-6-17(11-18)24-10-9-15(14-24)12-22-20(25)23-13-16-5-2-3-8-19(16)21/h2-8,11,15H,9-10,12-14H2,1H3,(H2,22,23,25). The fraction of sp³-hybridized carbons (Fsp3) is 0.350. The molecule has 1 atom stereocenters. The molecule has 2 N–H and O–H groups in total. The van der Waals surface area contributed by atoms with Crippen molar-refractivity contribution in [2.24, 2.45) is 5.92 Å². The summed E-state index contributed by atoms with van der Waals surface area (Å²) in [5, 5.41) is 6.49. The molecule has 1 aliphatic heterocycles. The van der Waals surface area contributed by atoms with Crippen LogP contribution in [-0.2, 0) is 6.54 Å². The molecule has 0 saturated carbocycles. The lowest BCUT2D eigenvalue weighted by atomic mass is 10.1. The first-order valence-electron chi connectivity index (χ1n) is 8.80. The molecule has 0 radical (unpaired) electrons. The maximum atomic E-state index is 12.0. The highest BCUT2D eigenvalue weighted by Crippen LogP contribution is 2.26. The Balaban J connectivity index is 1.42. The third kappa shape index (κ3) is 4.82. The summed E-state index contributed by atoms with van der Waals surface area (Å²) in [5.41, 5.74) is 2.07. The maximum absolute atomic E-state index is 12.0. The second-order valence-electron chi connectivity index (χ2n) is 6.46. The summed E-state index contributed by atoms with van der Waals surface area (Å²) in [4.78, 5) is 14.4. The molecule has 138 valence electrons. The van der Waals surface area contributed by atoms with Gasteiger partial charge in [-0.1, -0.05) is 35.9 Å². The zero-order valence-electron chi connectivity index (χ0n) is 14.9. The van der Waals surface area contributed by atoms with Crippen molar-refractivity contribution in [2.75, 3.05) is 31.6 Å². The normalized spacial score (nSPS) is 16.4. The maximum Gasteiger partial charge on any atom is 0.315 e. The fourth-order valence-corrected chi connectivity index (χ4v) is 3.36. The number of carbonyl (C=O) groups excluding carboxylic acids is 1. The number of benzene rings is 2. The van der Waals surface area contributed by atoms with Crippen molar-refractivity contribution in [3.05, 3.63) is 59.1 Å². The Bertz CT molecular complexity index is 753. The second-order valence-corrected chi connectivity index (χ2v) is 6.86. The molecule has 6 heteroatoms. The number of anilines is 1. The predicted octanol–water partition coefficient (Wildman–Crippen LogP) is 3.67. The van der Waals surface area contributed by atoms with E-state index < -0.39 is 0 Å². The molecule has 3 rings (SSSR count). The van der Waals surface area contributed by atoms with Gasteiger partial charge in [-0.25, -0.2) is 4.79 Å². The molecule has 2 aromatic carbocycles. The average Bonchev–Trinajstić information content (AvgIpc) is 3.15. The van der Waals surface area contributed by atoms with Crippen LogP contribution < -0.4 is 20.3 Å². The summed E-state index contributed by atoms with van der Waals surface area (Å²) < 4.78 is 5.29. The number of hydrogen-bond donors (Lipinski definition) is 2. The summed E-state index contributed by atoms with van der Waals surface area (Å²) in [6.07, 6.45) is 1.06. The largest absolute Gasteiger partial charge is 0.497 e. The van der Waals surface area contributed by atoms with Gasteiger partial charge in [0, 0.05) is 43.0 Å². The minimum Gasteiger partial charge on any atom is -0.497 e. The van der Waals surface area contributed by atoms with Crippen LogP contribution >= 0.6 is 11.6 Å². The minimum absolute atomic E-state index is 0.162. The zero-order valence-corrected chi connectivity index (χ0v) is 15.6. The van der Waals surface area contributed by atoms with Gasteiger partial charge in [0.1, 0.15) is 5.75 Å². The lowest BCUT2D eigenvalue weighted by Crippen LogP contribution is -2.38. The predicted molar refractivity (Wildman–Crippen MR) is 105 cm³/mol. The quantitative estimate of drug-likeness (QED) is 0.812. The Hall–Kier alpha value is -2.40. The number of hydrogen-bond acceptors (Lipinski definition) is 3. The SMILES string of the molecule is COc1cccc(N2CCC(CNC(=O)NCc3ccccc3Cl)C2)c1. The third-order valence-electron chi connectivity index (χ3n) is 4.65. The van der Waals surface area contributed by atoms with Crippen LogP contribution in [-0.4, -0.2) is 32.8 Å². The smallest absolute Gasteiger partial charge is 0.315 e. The van der Waals surface area contributed by atoms with Crippen molar-refractivity contribution >= 4 is 23.3 Å². The van der Waals surface area contributed by atoms with Gasteiger partial charge in [0.05, 0.1) is 7.11 Å². The number of amides is 2. The minimum atomic E-state index is -0.162. The number of rotatable bonds is 6. The topological polar surface area (TPSA) is 53.6 Å². The molecule has 1 unspecified atom stereocenters. The summed E-state index contributed by atoms with van der Waals surface area (Å²) in [6.45, 7) is 3.00. The zero-order chi connectivity index (χ0) is 18.4. The Kier molecular flexibility index (Phi) is 6.23. The lowest BCUT2D eigenvalue weighted by Gasteiger charge is -2.19. The van der Waals surface area contributed by atoms with E-state index >= 15 is 0 Å². The Morgan fingerprint density at radius 2 is 2.08 bits per heavy atom. The van der Waals surface area contributed by atoms with E-state index in [1.807, 2.05) is 42.5 Å². The monoisotopic (exact) mass is 373 g/mol. The van der Waals surface area contributed by atoms with E-state index in [4.69, 9.17) is 16.3 Å². The molecule has 1 saturated heterocycles. The highest BCUT2D eigenvalue weighted by Gasteiger charge is 2.23. The summed E-state index contributed by atoms with van der Waals surface area (Å²) in [5.74, 6) is 1.30. The summed E-state index contributed by atoms with van der Waals surface area (Å²) in [7, 11) is 1.68. The van der Waals surface area contributed by atoms with Gasteiger partial charge < -0.3 is 20.3 Å². The molecule has 5 nitrogen and oxygen atoms in total. The number of carbonyl (C=O) groups is 1. The van der Waals surface area contributed by atoms with Gasteiger partial charge in [0.25, 0.3) is 0 Å². The van der Waals surface area contributed by atoms with Gasteiger partial charge in [0.15, 0.2) is 0 Å². The van der Waals surface area contributed by atoms with E-state index in [9.17, 15) is 4.79 Å². The van der Waals surface area contributed by atoms with Gasteiger partial charge in [-0.3, -0.25) is 0 Å². The highest BCUT2D eigenvalue weighted by atomic mass is 35.5. The molecule has 26 heavy (non-hydrogen) atoms. The van der Waals surface area contributed by atoms with E-state index in [1.165, 1.54) is 0 Å². The van der Waals surface area contributed by atoms with E-state index in [-0.39, 0.29) is 6.03 Å². The van der Waals surface area contributed by atoms with Crippen LogP contribution in [0.5, 0.6) is 5.75 Å². The summed E-state index contributed by atoms with van der Waals surface area (Å²) >= 11 is 6.10. The van der Waals surface area contributed by atoms with Gasteiger partial charge >= 0.3 is 6.03 Å². The number of ether oxygens (including phenoxy) is 1. The molecule has 1 aliphatic rings. The van der Waals surface area contributed by atoms with E-state index in [0.29, 0.717) is 24.0 Å². The van der Waals surface area contributed by atoms with Crippen LogP contribution in [0.3, 0.4) is 0 Å². The first-order chi connectivity index (χ1) is 12.7. The molecule has 1 heterocycles. The van der Waals surface area contributed by atoms with E-state index in [1.54, 1.807) is 7.11 Å². The van der Waals surface area contributed by atoms with Gasteiger partial charge in [-0.05, 0) is 36.1 Å². The molecule has 2 aromatic rings. The Morgan fingerprint density at radius 1 is 1.23 bits per heavy atom. The Morgan fingerprint density at radius 3 is 2.88 bits per heavy atom. The van der Waals surface area contributed by atoms with Crippen LogP contribution in [0.4, 0.5) is 10.5 Å². The van der Waals surface area contributed by atoms with Gasteiger partial charge in [-0.2, -0.15) is 0 Å². The molecular formula is C20H24ClN3O2. The van der Waals surface area contributed by atoms with E-state index in [2.05, 4.69) is 21.6 Å². The van der Waals surface area contributed by atoms with Gasteiger partial charge in [0.2, 0.25) is 0 Å². The number of methoxy groups -OCH3 is 1. The molecule has 0 aromatic heterocycles. The second kappa shape index (κ2) is 8.81. The van der Waals surface area contributed by atoms with Crippen LogP contribution in [0.2, 0.25) is 5.02 Å². The molecule has 1 fully saturated rings. The molecule has 0 spiro atoms. The number of halogens is 1. The highest BCUT2D eigenvalue weighted by molar-refractivity contribution is 6.31. The molecule has 2 amide bonds. The van der Waals surface area contributed by atoms with Crippen LogP contribution in [0.15, 0.2) is 48.5 Å². The fourth-order valence-electron chi connectivity index (χ4n) is 3.16. The molecular weight excluding hydrogens is 350 g/mol. The lowest BCUT2D eigenvalue weighted by molar-refractivity contribution is 0.239. The van der Waals surface area contributed by atoms with Crippen LogP contribution in [0.1, 0.15) is 12.0 Å². The number of nitrogens with one attached hydrogen (secondary N) is 2. The van der Waals surface area contributed by atoms with Crippen molar-refractivity contribution in [2.45, 2.75) is 13.0 Å². The number of urea groups is 1. The first kappa shape index (κ1) is 18.4. The average molecular weight is 374 g/mol. The van der Waals surface area contributed by atoms with Crippen LogP contribution in [0.25, 0.3) is 0 Å². The summed E-state index contributed by atoms with van der Waals surface area (Å²) in [6, 6.07) is 15.4. The first-order valence-corrected chi connectivity index (χ1v) is 9.17. The van der Waals surface area contributed by atoms with Crippen molar-refractivity contribution in [1.82, 2.24) is 10.6 Å². The molecule has 0 bridgehead atoms. The third-order valence-corrected chi connectivity index (χ3v) is 5.02. The molecule has 0 aliphatic carbocycles. The van der Waals surface area contributed by atoms with Crippen LogP contribution in [0, 0.1) is 5.92 Å². The van der Waals surface area contributed by atoms with Gasteiger partial charge in [-0.15, -0.1) is 0 Å². The Labute approximate surface area is 159 Å². The van der Waals surface area contributed by atoms with Crippen molar-refractivity contribution in [3.8, 4) is 5.75 Å². The van der Waals surface area contributed by atoms with Crippen molar-refractivity contribution in [3.63, 3.8) is 0 Å². The van der Waals surface area contributed by atoms with Crippen molar-refractivity contribution < 1.29 is 9.53 Å².